The largest absolute Gasteiger partial charge is 0.336 e. The fourth-order valence-electron chi connectivity index (χ4n) is 4.20. The van der Waals surface area contributed by atoms with Gasteiger partial charge in [-0.2, -0.15) is 0 Å². The molecule has 1 aliphatic heterocycles. The number of pyridine rings is 1. The molecule has 0 aliphatic carbocycles. The lowest BCUT2D eigenvalue weighted by molar-refractivity contribution is 0.0597. The Morgan fingerprint density at radius 2 is 1.43 bits per heavy atom. The Morgan fingerprint density at radius 3 is 2.07 bits per heavy atom. The Hall–Kier alpha value is -3.51. The van der Waals surface area contributed by atoms with Crippen molar-refractivity contribution in [3.63, 3.8) is 0 Å². The zero-order valence-electron chi connectivity index (χ0n) is 16.6. The van der Waals surface area contributed by atoms with Crippen LogP contribution in [0.1, 0.15) is 27.5 Å². The summed E-state index contributed by atoms with van der Waals surface area (Å²) in [7, 11) is 0. The maximum atomic E-state index is 13.0. The highest BCUT2D eigenvalue weighted by Gasteiger charge is 2.28. The third-order valence-electron chi connectivity index (χ3n) is 5.74. The molecule has 150 valence electrons. The molecule has 1 amide bonds. The number of piperazine rings is 1. The minimum Gasteiger partial charge on any atom is -0.336 e. The van der Waals surface area contributed by atoms with Crippen molar-refractivity contribution in [3.05, 3.63) is 102 Å². The molecule has 4 aromatic rings. The first-order valence-corrected chi connectivity index (χ1v) is 10.2. The fourth-order valence-corrected chi connectivity index (χ4v) is 4.20. The van der Waals surface area contributed by atoms with Crippen LogP contribution in [-0.4, -0.2) is 56.5 Å². The fraction of sp³-hybridized carbons (Fsp3) is 0.208. The average molecular weight is 397 g/mol. The highest BCUT2D eigenvalue weighted by molar-refractivity contribution is 5.94. The van der Waals surface area contributed by atoms with Gasteiger partial charge in [-0.15, -0.1) is 10.2 Å². The van der Waals surface area contributed by atoms with E-state index in [0.29, 0.717) is 18.7 Å². The monoisotopic (exact) mass is 397 g/mol. The number of nitrogens with zero attached hydrogens (tertiary/aromatic N) is 5. The molecule has 1 aliphatic rings. The van der Waals surface area contributed by atoms with Gasteiger partial charge in [-0.1, -0.05) is 60.7 Å². The molecule has 30 heavy (non-hydrogen) atoms. The first kappa shape index (κ1) is 18.5. The van der Waals surface area contributed by atoms with E-state index >= 15 is 0 Å². The molecule has 2 aromatic heterocycles. The van der Waals surface area contributed by atoms with Crippen molar-refractivity contribution in [3.8, 4) is 0 Å². The van der Waals surface area contributed by atoms with Gasteiger partial charge in [-0.3, -0.25) is 14.1 Å². The van der Waals surface area contributed by atoms with Gasteiger partial charge in [0.15, 0.2) is 5.65 Å². The number of hydrogen-bond donors (Lipinski definition) is 0. The summed E-state index contributed by atoms with van der Waals surface area (Å²) in [6, 6.07) is 25.0. The summed E-state index contributed by atoms with van der Waals surface area (Å²) in [6.45, 7) is 3.06. The van der Waals surface area contributed by atoms with Gasteiger partial charge in [0.2, 0.25) is 0 Å². The summed E-state index contributed by atoms with van der Waals surface area (Å²) >= 11 is 0. The Labute approximate surface area is 175 Å². The van der Waals surface area contributed by atoms with Gasteiger partial charge in [-0.25, -0.2) is 0 Å². The van der Waals surface area contributed by atoms with E-state index < -0.39 is 0 Å². The lowest BCUT2D eigenvalue weighted by Gasteiger charge is -2.39. The molecule has 6 nitrogen and oxygen atoms in total. The number of carbonyl (C=O) groups is 1. The van der Waals surface area contributed by atoms with Crippen LogP contribution in [0.3, 0.4) is 0 Å². The van der Waals surface area contributed by atoms with Crippen molar-refractivity contribution in [1.82, 2.24) is 24.4 Å². The van der Waals surface area contributed by atoms with E-state index in [1.807, 2.05) is 17.0 Å². The van der Waals surface area contributed by atoms with E-state index in [9.17, 15) is 4.79 Å². The molecule has 0 radical (unpaired) electrons. The first-order chi connectivity index (χ1) is 14.8. The number of aromatic nitrogens is 3. The summed E-state index contributed by atoms with van der Waals surface area (Å²) in [5.74, 6) is 0.0567. The molecule has 5 rings (SSSR count). The minimum atomic E-state index is 0.0567. The normalized spacial score (nSPS) is 15.0. The van der Waals surface area contributed by atoms with Gasteiger partial charge in [0.05, 0.1) is 11.6 Å². The molecule has 2 aromatic carbocycles. The number of hydrogen-bond acceptors (Lipinski definition) is 4. The second-order valence-corrected chi connectivity index (χ2v) is 7.57. The maximum Gasteiger partial charge on any atom is 0.255 e. The smallest absolute Gasteiger partial charge is 0.255 e. The molecule has 0 atom stereocenters. The molecule has 1 fully saturated rings. The summed E-state index contributed by atoms with van der Waals surface area (Å²) in [4.78, 5) is 17.4. The van der Waals surface area contributed by atoms with Crippen molar-refractivity contribution >= 4 is 11.6 Å². The van der Waals surface area contributed by atoms with Gasteiger partial charge in [0.25, 0.3) is 5.91 Å². The van der Waals surface area contributed by atoms with Crippen molar-refractivity contribution in [1.29, 1.82) is 0 Å². The predicted molar refractivity (Wildman–Crippen MR) is 115 cm³/mol. The van der Waals surface area contributed by atoms with Crippen LogP contribution in [0.4, 0.5) is 0 Å². The Morgan fingerprint density at radius 1 is 0.800 bits per heavy atom. The topological polar surface area (TPSA) is 53.7 Å². The van der Waals surface area contributed by atoms with Crippen LogP contribution in [0.15, 0.2) is 85.3 Å². The molecule has 6 heteroatoms. The number of rotatable bonds is 4. The van der Waals surface area contributed by atoms with E-state index in [0.717, 1.165) is 18.7 Å². The molecular formula is C24H23N5O. The van der Waals surface area contributed by atoms with Gasteiger partial charge >= 0.3 is 0 Å². The summed E-state index contributed by atoms with van der Waals surface area (Å²) in [6.07, 6.45) is 3.43. The quantitative estimate of drug-likeness (QED) is 0.530. The molecule has 1 saturated heterocycles. The summed E-state index contributed by atoms with van der Waals surface area (Å²) in [5, 5.41) is 7.88. The summed E-state index contributed by atoms with van der Waals surface area (Å²) < 4.78 is 1.78. The standard InChI is InChI=1S/C24H23N5O/c30-24(21-11-12-22-26-25-18-29(22)17-21)28-15-13-27(14-16-28)23(19-7-3-1-4-8-19)20-9-5-2-6-10-20/h1-12,17-18,23H,13-16H2. The first-order valence-electron chi connectivity index (χ1n) is 10.2. The van der Waals surface area contributed by atoms with Crippen LogP contribution in [0, 0.1) is 0 Å². The van der Waals surface area contributed by atoms with Crippen molar-refractivity contribution in [2.24, 2.45) is 0 Å². The number of fused-ring (bicyclic) bond motifs is 1. The third kappa shape index (κ3) is 3.57. The summed E-state index contributed by atoms with van der Waals surface area (Å²) in [5.41, 5.74) is 3.96. The van der Waals surface area contributed by atoms with Gasteiger partial charge in [0.1, 0.15) is 6.33 Å². The number of benzene rings is 2. The van der Waals surface area contributed by atoms with Gasteiger partial charge in [0, 0.05) is 32.4 Å². The predicted octanol–water partition coefficient (Wildman–Crippen LogP) is 3.28. The molecule has 0 bridgehead atoms. The number of amides is 1. The lowest BCUT2D eigenvalue weighted by Crippen LogP contribution is -2.49. The van der Waals surface area contributed by atoms with E-state index in [1.54, 1.807) is 16.9 Å². The van der Waals surface area contributed by atoms with E-state index in [2.05, 4.69) is 75.8 Å². The Kier molecular flexibility index (Phi) is 4.99. The van der Waals surface area contributed by atoms with Crippen LogP contribution in [0.25, 0.3) is 5.65 Å². The highest BCUT2D eigenvalue weighted by Crippen LogP contribution is 2.29. The van der Waals surface area contributed by atoms with Crippen LogP contribution >= 0.6 is 0 Å². The molecule has 3 heterocycles. The maximum absolute atomic E-state index is 13.0. The lowest BCUT2D eigenvalue weighted by atomic mass is 9.96. The molecular weight excluding hydrogens is 374 g/mol. The van der Waals surface area contributed by atoms with Crippen LogP contribution < -0.4 is 0 Å². The second-order valence-electron chi connectivity index (χ2n) is 7.57. The van der Waals surface area contributed by atoms with E-state index in [-0.39, 0.29) is 11.9 Å². The van der Waals surface area contributed by atoms with E-state index in [1.165, 1.54) is 11.1 Å². The zero-order valence-corrected chi connectivity index (χ0v) is 16.6. The van der Waals surface area contributed by atoms with Crippen LogP contribution in [0.5, 0.6) is 0 Å². The molecule has 0 N–H and O–H groups in total. The van der Waals surface area contributed by atoms with Crippen LogP contribution in [0.2, 0.25) is 0 Å². The van der Waals surface area contributed by atoms with Crippen LogP contribution in [-0.2, 0) is 0 Å². The van der Waals surface area contributed by atoms with Crippen molar-refractivity contribution in [2.45, 2.75) is 6.04 Å². The van der Waals surface area contributed by atoms with Crippen molar-refractivity contribution in [2.75, 3.05) is 26.2 Å². The van der Waals surface area contributed by atoms with Gasteiger partial charge in [-0.05, 0) is 23.3 Å². The van der Waals surface area contributed by atoms with E-state index in [4.69, 9.17) is 0 Å². The Bertz CT molecular complexity index is 1090. The number of carbonyl (C=O) groups excluding carboxylic acids is 1. The average Bonchev–Trinajstić information content (AvgIpc) is 3.29. The minimum absolute atomic E-state index is 0.0567. The Balaban J connectivity index is 1.34. The molecule has 0 saturated carbocycles. The molecule has 0 unspecified atom stereocenters. The third-order valence-corrected chi connectivity index (χ3v) is 5.74. The SMILES string of the molecule is O=C(c1ccc2nncn2c1)N1CCN(C(c2ccccc2)c2ccccc2)CC1. The molecule has 0 spiro atoms. The van der Waals surface area contributed by atoms with Crippen molar-refractivity contribution < 1.29 is 4.79 Å². The zero-order chi connectivity index (χ0) is 20.3. The highest BCUT2D eigenvalue weighted by atomic mass is 16.2. The van der Waals surface area contributed by atoms with Gasteiger partial charge < -0.3 is 4.90 Å². The second kappa shape index (κ2) is 8.08.